The summed E-state index contributed by atoms with van der Waals surface area (Å²) < 4.78 is 17.5. The average Bonchev–Trinajstić information content (AvgIpc) is 3.04. The minimum Gasteiger partial charge on any atom is -0.468 e. The van der Waals surface area contributed by atoms with Gasteiger partial charge in [-0.25, -0.2) is 0 Å². The van der Waals surface area contributed by atoms with Gasteiger partial charge in [-0.1, -0.05) is 136 Å². The Labute approximate surface area is 275 Å². The highest BCUT2D eigenvalue weighted by molar-refractivity contribution is 5.69. The standard InChI is InChI=1S/C38H67NO6/c1-4-7-10-12-15-20-24-34(23-19-11-8-5-2)32-43-38(40)27-22-17-14-13-16-21-26-36(25-18-9-6-3)44-33-45-37-30-28-35(29-31-37)39(41)42/h28-31,34,36H,4-27,32-33H2,1-3H3. The van der Waals surface area contributed by atoms with E-state index in [1.54, 1.807) is 12.1 Å². The number of nitrogens with zero attached hydrogens (tertiary/aromatic N) is 1. The third-order valence-electron chi connectivity index (χ3n) is 8.78. The Morgan fingerprint density at radius 2 is 1.13 bits per heavy atom. The first-order valence-electron chi connectivity index (χ1n) is 18.6. The Hall–Kier alpha value is -2.15. The second kappa shape index (κ2) is 29.3. The minimum absolute atomic E-state index is 0.0143. The van der Waals surface area contributed by atoms with Crippen LogP contribution in [0.15, 0.2) is 24.3 Å². The topological polar surface area (TPSA) is 87.9 Å². The molecule has 0 spiro atoms. The molecule has 0 bridgehead atoms. The predicted octanol–water partition coefficient (Wildman–Crippen LogP) is 11.9. The van der Waals surface area contributed by atoms with E-state index in [-0.39, 0.29) is 24.6 Å². The Balaban J connectivity index is 2.20. The number of carbonyl (C=O) groups excluding carboxylic acids is 1. The fourth-order valence-electron chi connectivity index (χ4n) is 5.81. The van der Waals surface area contributed by atoms with Crippen LogP contribution in [0.3, 0.4) is 0 Å². The molecule has 0 heterocycles. The monoisotopic (exact) mass is 633 g/mol. The summed E-state index contributed by atoms with van der Waals surface area (Å²) in [7, 11) is 0. The molecule has 1 rings (SSSR count). The van der Waals surface area contributed by atoms with E-state index >= 15 is 0 Å². The molecule has 1 aromatic rings. The van der Waals surface area contributed by atoms with Gasteiger partial charge in [0, 0.05) is 18.6 Å². The average molecular weight is 634 g/mol. The van der Waals surface area contributed by atoms with Crippen molar-refractivity contribution in [3.8, 4) is 5.75 Å². The van der Waals surface area contributed by atoms with Gasteiger partial charge in [0.2, 0.25) is 0 Å². The summed E-state index contributed by atoms with van der Waals surface area (Å²) in [6, 6.07) is 6.11. The van der Waals surface area contributed by atoms with Gasteiger partial charge in [0.25, 0.3) is 5.69 Å². The Morgan fingerprint density at radius 3 is 1.71 bits per heavy atom. The van der Waals surface area contributed by atoms with Gasteiger partial charge in [-0.15, -0.1) is 0 Å². The number of hydrogen-bond acceptors (Lipinski definition) is 6. The molecular formula is C38H67NO6. The number of nitro benzene ring substituents is 1. The van der Waals surface area contributed by atoms with Crippen LogP contribution >= 0.6 is 0 Å². The number of rotatable bonds is 32. The molecule has 2 atom stereocenters. The van der Waals surface area contributed by atoms with E-state index in [2.05, 4.69) is 20.8 Å². The van der Waals surface area contributed by atoms with Gasteiger partial charge in [-0.05, 0) is 50.2 Å². The number of nitro groups is 1. The van der Waals surface area contributed by atoms with Crippen molar-refractivity contribution < 1.29 is 23.9 Å². The van der Waals surface area contributed by atoms with E-state index in [0.717, 1.165) is 44.9 Å². The van der Waals surface area contributed by atoms with E-state index in [9.17, 15) is 14.9 Å². The molecule has 45 heavy (non-hydrogen) atoms. The summed E-state index contributed by atoms with van der Waals surface area (Å²) in [6.45, 7) is 7.49. The van der Waals surface area contributed by atoms with E-state index in [1.165, 1.54) is 115 Å². The van der Waals surface area contributed by atoms with Crippen LogP contribution in [0, 0.1) is 16.0 Å². The lowest BCUT2D eigenvalue weighted by atomic mass is 9.95. The van der Waals surface area contributed by atoms with E-state index in [0.29, 0.717) is 24.7 Å². The molecule has 0 aliphatic heterocycles. The summed E-state index contributed by atoms with van der Waals surface area (Å²) in [6.07, 6.45) is 28.3. The van der Waals surface area contributed by atoms with Crippen molar-refractivity contribution in [2.75, 3.05) is 13.4 Å². The van der Waals surface area contributed by atoms with Crippen LogP contribution in [0.25, 0.3) is 0 Å². The number of esters is 1. The van der Waals surface area contributed by atoms with Crippen LogP contribution in [-0.4, -0.2) is 30.4 Å². The zero-order chi connectivity index (χ0) is 32.8. The zero-order valence-electron chi connectivity index (χ0n) is 29.2. The molecule has 0 amide bonds. The van der Waals surface area contributed by atoms with Crippen molar-refractivity contribution in [2.24, 2.45) is 5.92 Å². The molecule has 7 heteroatoms. The summed E-state index contributed by atoms with van der Waals surface area (Å²) in [5.41, 5.74) is 0.0522. The predicted molar refractivity (Wildman–Crippen MR) is 186 cm³/mol. The first-order chi connectivity index (χ1) is 22.0. The number of non-ortho nitro benzene ring substituents is 1. The SMILES string of the molecule is CCCCCCCCC(CCCCCC)COC(=O)CCCCCCCCC(CCCCC)OCOc1ccc([N+](=O)[O-])cc1. The largest absolute Gasteiger partial charge is 0.468 e. The molecule has 260 valence electrons. The van der Waals surface area contributed by atoms with E-state index in [4.69, 9.17) is 14.2 Å². The lowest BCUT2D eigenvalue weighted by Gasteiger charge is -2.18. The number of benzene rings is 1. The van der Waals surface area contributed by atoms with Crippen LogP contribution in [0.5, 0.6) is 5.75 Å². The lowest BCUT2D eigenvalue weighted by Crippen LogP contribution is -2.17. The maximum Gasteiger partial charge on any atom is 0.305 e. The summed E-state index contributed by atoms with van der Waals surface area (Å²) in [5.74, 6) is 1.09. The maximum atomic E-state index is 12.4. The number of hydrogen-bond donors (Lipinski definition) is 0. The van der Waals surface area contributed by atoms with Crippen molar-refractivity contribution >= 4 is 11.7 Å². The van der Waals surface area contributed by atoms with Crippen LogP contribution in [-0.2, 0) is 14.3 Å². The Kier molecular flexibility index (Phi) is 26.6. The molecular weight excluding hydrogens is 566 g/mol. The molecule has 7 nitrogen and oxygen atoms in total. The van der Waals surface area contributed by atoms with Crippen LogP contribution < -0.4 is 4.74 Å². The van der Waals surface area contributed by atoms with Gasteiger partial charge in [-0.3, -0.25) is 14.9 Å². The summed E-state index contributed by atoms with van der Waals surface area (Å²) in [5, 5.41) is 10.8. The van der Waals surface area contributed by atoms with Gasteiger partial charge in [-0.2, -0.15) is 0 Å². The van der Waals surface area contributed by atoms with Crippen molar-refractivity contribution in [2.45, 2.75) is 181 Å². The highest BCUT2D eigenvalue weighted by Crippen LogP contribution is 2.21. The zero-order valence-corrected chi connectivity index (χ0v) is 29.2. The molecule has 0 saturated carbocycles. The van der Waals surface area contributed by atoms with Gasteiger partial charge in [0.05, 0.1) is 17.6 Å². The summed E-state index contributed by atoms with van der Waals surface area (Å²) >= 11 is 0. The minimum atomic E-state index is -0.415. The molecule has 0 fully saturated rings. The van der Waals surface area contributed by atoms with Gasteiger partial charge >= 0.3 is 5.97 Å². The van der Waals surface area contributed by atoms with Crippen LogP contribution in [0.4, 0.5) is 5.69 Å². The van der Waals surface area contributed by atoms with Gasteiger partial charge < -0.3 is 14.2 Å². The third-order valence-corrected chi connectivity index (χ3v) is 8.78. The lowest BCUT2D eigenvalue weighted by molar-refractivity contribution is -0.384. The highest BCUT2D eigenvalue weighted by Gasteiger charge is 2.13. The summed E-state index contributed by atoms with van der Waals surface area (Å²) in [4.78, 5) is 22.8. The van der Waals surface area contributed by atoms with Gasteiger partial charge in [0.15, 0.2) is 6.79 Å². The number of ether oxygens (including phenoxy) is 3. The quantitative estimate of drug-likeness (QED) is 0.0258. The molecule has 2 unspecified atom stereocenters. The molecule has 1 aromatic carbocycles. The highest BCUT2D eigenvalue weighted by atomic mass is 16.7. The molecule has 0 aliphatic rings. The molecule has 0 aromatic heterocycles. The van der Waals surface area contributed by atoms with Crippen molar-refractivity contribution in [3.63, 3.8) is 0 Å². The smallest absolute Gasteiger partial charge is 0.305 e. The van der Waals surface area contributed by atoms with Crippen molar-refractivity contribution in [1.82, 2.24) is 0 Å². The van der Waals surface area contributed by atoms with E-state index in [1.807, 2.05) is 0 Å². The molecule has 0 aliphatic carbocycles. The Bertz CT molecular complexity index is 830. The second-order valence-electron chi connectivity index (χ2n) is 12.9. The van der Waals surface area contributed by atoms with Gasteiger partial charge in [0.1, 0.15) is 5.75 Å². The van der Waals surface area contributed by atoms with Crippen molar-refractivity contribution in [3.05, 3.63) is 34.4 Å². The third kappa shape index (κ3) is 23.8. The van der Waals surface area contributed by atoms with Crippen LogP contribution in [0.2, 0.25) is 0 Å². The van der Waals surface area contributed by atoms with Crippen molar-refractivity contribution in [1.29, 1.82) is 0 Å². The molecule has 0 radical (unpaired) electrons. The van der Waals surface area contributed by atoms with Crippen LogP contribution in [0.1, 0.15) is 175 Å². The second-order valence-corrected chi connectivity index (χ2v) is 12.9. The Morgan fingerprint density at radius 1 is 0.667 bits per heavy atom. The normalized spacial score (nSPS) is 12.6. The number of unbranched alkanes of at least 4 members (excludes halogenated alkanes) is 15. The fourth-order valence-corrected chi connectivity index (χ4v) is 5.81. The van der Waals surface area contributed by atoms with E-state index < -0.39 is 4.92 Å². The first-order valence-corrected chi connectivity index (χ1v) is 18.6. The maximum absolute atomic E-state index is 12.4. The fraction of sp³-hybridized carbons (Fsp3) is 0.816. The number of carbonyl (C=O) groups is 1. The molecule has 0 saturated heterocycles. The molecule has 0 N–H and O–H groups in total. The first kappa shape index (κ1) is 40.9.